The van der Waals surface area contributed by atoms with Crippen LogP contribution in [0.15, 0.2) is 47.5 Å². The van der Waals surface area contributed by atoms with E-state index in [0.29, 0.717) is 17.0 Å². The van der Waals surface area contributed by atoms with Crippen molar-refractivity contribution in [1.29, 1.82) is 0 Å². The van der Waals surface area contributed by atoms with E-state index in [-0.39, 0.29) is 22.9 Å². The molecular formula is C19H20N4O6S. The molecule has 3 aromatic rings. The molecule has 0 spiro atoms. The number of hydrogen-bond acceptors (Lipinski definition) is 8. The van der Waals surface area contributed by atoms with Gasteiger partial charge < -0.3 is 14.2 Å². The fourth-order valence-corrected chi connectivity index (χ4v) is 3.92. The van der Waals surface area contributed by atoms with Crippen molar-refractivity contribution >= 4 is 27.7 Å². The van der Waals surface area contributed by atoms with Crippen LogP contribution in [0.3, 0.4) is 0 Å². The Balaban J connectivity index is 1.96. The van der Waals surface area contributed by atoms with E-state index >= 15 is 0 Å². The summed E-state index contributed by atoms with van der Waals surface area (Å²) in [6.45, 7) is -0.0960. The van der Waals surface area contributed by atoms with Crippen molar-refractivity contribution in [2.45, 2.75) is 11.4 Å². The van der Waals surface area contributed by atoms with Gasteiger partial charge in [-0.1, -0.05) is 6.07 Å². The third-order valence-corrected chi connectivity index (χ3v) is 5.58. The van der Waals surface area contributed by atoms with Crippen LogP contribution >= 0.6 is 0 Å². The molecule has 0 aliphatic carbocycles. The monoisotopic (exact) mass is 432 g/mol. The average molecular weight is 432 g/mol. The molecule has 0 amide bonds. The lowest BCUT2D eigenvalue weighted by Crippen LogP contribution is -2.25. The summed E-state index contributed by atoms with van der Waals surface area (Å²) >= 11 is 0. The third-order valence-electron chi connectivity index (χ3n) is 4.17. The molecule has 0 atom stereocenters. The smallest absolute Gasteiger partial charge is 0.330 e. The maximum Gasteiger partial charge on any atom is 0.330 e. The zero-order valence-corrected chi connectivity index (χ0v) is 17.3. The second-order valence-electron chi connectivity index (χ2n) is 5.98. The zero-order valence-electron chi connectivity index (χ0n) is 16.5. The highest BCUT2D eigenvalue weighted by Crippen LogP contribution is 2.36. The average Bonchev–Trinajstić information content (AvgIpc) is 3.18. The van der Waals surface area contributed by atoms with E-state index < -0.39 is 16.0 Å². The normalized spacial score (nSPS) is 11.7. The first-order valence-electron chi connectivity index (χ1n) is 8.70. The fourth-order valence-electron chi connectivity index (χ4n) is 2.73. The number of hydrogen-bond donors (Lipinski definition) is 1. The Morgan fingerprint density at radius 2 is 1.97 bits per heavy atom. The molecule has 0 aliphatic rings. The molecule has 0 aliphatic heterocycles. The topological polar surface area (TPSA) is 121 Å². The largest absolute Gasteiger partial charge is 0.493 e. The highest BCUT2D eigenvalue weighted by Gasteiger charge is 2.24. The predicted molar refractivity (Wildman–Crippen MR) is 108 cm³/mol. The molecule has 0 unspecified atom stereocenters. The number of nitrogens with zero attached hydrogens (tertiary/aromatic N) is 3. The first-order chi connectivity index (χ1) is 14.4. The molecule has 10 nitrogen and oxygen atoms in total. The number of carbonyl (C=O) groups is 1. The van der Waals surface area contributed by atoms with Gasteiger partial charge in [0.25, 0.3) is 0 Å². The summed E-state index contributed by atoms with van der Waals surface area (Å²) in [5, 5.41) is 8.01. The summed E-state index contributed by atoms with van der Waals surface area (Å²) in [6.07, 6.45) is 4.33. The Kier molecular flexibility index (Phi) is 6.33. The van der Waals surface area contributed by atoms with E-state index in [1.165, 1.54) is 39.5 Å². The van der Waals surface area contributed by atoms with Gasteiger partial charge in [0.1, 0.15) is 4.90 Å². The molecule has 1 aromatic carbocycles. The quantitative estimate of drug-likeness (QED) is 0.419. The zero-order chi connectivity index (χ0) is 21.7. The Morgan fingerprint density at radius 3 is 2.67 bits per heavy atom. The van der Waals surface area contributed by atoms with Crippen molar-refractivity contribution in [2.75, 3.05) is 21.3 Å². The van der Waals surface area contributed by atoms with Crippen LogP contribution in [0.2, 0.25) is 0 Å². The molecule has 0 fully saturated rings. The van der Waals surface area contributed by atoms with Crippen molar-refractivity contribution in [3.63, 3.8) is 0 Å². The molecule has 11 heteroatoms. The number of esters is 1. The SMILES string of the molecule is COC(=O)/C=C/c1cc(OC)c(OC)c(S(=O)(=O)NCc2nnc3ccccn23)c1. The molecule has 3 rings (SSSR count). The fraction of sp³-hybridized carbons (Fsp3) is 0.211. The summed E-state index contributed by atoms with van der Waals surface area (Å²) in [5.74, 6) is 0.0667. The highest BCUT2D eigenvalue weighted by molar-refractivity contribution is 7.89. The molecule has 158 valence electrons. The number of benzene rings is 1. The van der Waals surface area contributed by atoms with Gasteiger partial charge in [0, 0.05) is 12.3 Å². The molecule has 0 radical (unpaired) electrons. The van der Waals surface area contributed by atoms with Crippen LogP contribution in [0.5, 0.6) is 11.5 Å². The van der Waals surface area contributed by atoms with Gasteiger partial charge in [-0.05, 0) is 35.9 Å². The molecule has 2 aromatic heterocycles. The lowest BCUT2D eigenvalue weighted by Gasteiger charge is -2.15. The number of sulfonamides is 1. The van der Waals surface area contributed by atoms with E-state index in [0.717, 1.165) is 0 Å². The summed E-state index contributed by atoms with van der Waals surface area (Å²) < 4.78 is 45.3. The Hall–Kier alpha value is -3.44. The minimum absolute atomic E-state index is 0.0336. The second-order valence-corrected chi connectivity index (χ2v) is 7.72. The van der Waals surface area contributed by atoms with Crippen molar-refractivity contribution in [3.8, 4) is 11.5 Å². The number of carbonyl (C=O) groups excluding carboxylic acids is 1. The summed E-state index contributed by atoms with van der Waals surface area (Å²) in [5.41, 5.74) is 1.01. The van der Waals surface area contributed by atoms with Gasteiger partial charge in [-0.2, -0.15) is 0 Å². The summed E-state index contributed by atoms with van der Waals surface area (Å²) in [4.78, 5) is 11.2. The van der Waals surface area contributed by atoms with E-state index in [4.69, 9.17) is 9.47 Å². The van der Waals surface area contributed by atoms with Gasteiger partial charge >= 0.3 is 5.97 Å². The van der Waals surface area contributed by atoms with Crippen molar-refractivity contribution in [1.82, 2.24) is 19.3 Å². The van der Waals surface area contributed by atoms with Crippen LogP contribution in [0.4, 0.5) is 0 Å². The highest BCUT2D eigenvalue weighted by atomic mass is 32.2. The van der Waals surface area contributed by atoms with E-state index in [1.807, 2.05) is 6.07 Å². The Bertz CT molecular complexity index is 1200. The Morgan fingerprint density at radius 1 is 1.17 bits per heavy atom. The van der Waals surface area contributed by atoms with Crippen LogP contribution in [-0.4, -0.2) is 50.3 Å². The van der Waals surface area contributed by atoms with Gasteiger partial charge in [0.05, 0.1) is 27.9 Å². The molecule has 0 saturated heterocycles. The first kappa shape index (κ1) is 21.3. The van der Waals surface area contributed by atoms with Gasteiger partial charge in [-0.15, -0.1) is 10.2 Å². The van der Waals surface area contributed by atoms with E-state index in [9.17, 15) is 13.2 Å². The molecule has 30 heavy (non-hydrogen) atoms. The number of ether oxygens (including phenoxy) is 3. The van der Waals surface area contributed by atoms with Crippen LogP contribution in [-0.2, 0) is 26.1 Å². The minimum atomic E-state index is -4.03. The number of pyridine rings is 1. The van der Waals surface area contributed by atoms with Crippen LogP contribution in [0.1, 0.15) is 11.4 Å². The molecule has 0 saturated carbocycles. The number of rotatable bonds is 8. The van der Waals surface area contributed by atoms with Crippen LogP contribution < -0.4 is 14.2 Å². The number of methoxy groups -OCH3 is 3. The first-order valence-corrected chi connectivity index (χ1v) is 10.2. The number of aromatic nitrogens is 3. The van der Waals surface area contributed by atoms with Crippen LogP contribution in [0, 0.1) is 0 Å². The third kappa shape index (κ3) is 4.42. The number of fused-ring (bicyclic) bond motifs is 1. The summed E-state index contributed by atoms with van der Waals surface area (Å²) in [7, 11) is -0.0610. The standard InChI is InChI=1S/C19H20N4O6S/c1-27-14-10-13(7-8-18(24)28-2)11-15(19(14)29-3)30(25,26)20-12-17-22-21-16-6-4-5-9-23(16)17/h4-11,20H,12H2,1-3H3/b8-7+. The van der Waals surface area contributed by atoms with Crippen molar-refractivity contribution in [2.24, 2.45) is 0 Å². The molecular weight excluding hydrogens is 412 g/mol. The lowest BCUT2D eigenvalue weighted by atomic mass is 10.2. The minimum Gasteiger partial charge on any atom is -0.493 e. The van der Waals surface area contributed by atoms with Gasteiger partial charge in [-0.25, -0.2) is 17.9 Å². The second kappa shape index (κ2) is 8.93. The van der Waals surface area contributed by atoms with Crippen LogP contribution in [0.25, 0.3) is 11.7 Å². The number of nitrogens with one attached hydrogen (secondary N) is 1. The van der Waals surface area contributed by atoms with Gasteiger partial charge in [-0.3, -0.25) is 4.40 Å². The van der Waals surface area contributed by atoms with E-state index in [2.05, 4.69) is 19.7 Å². The van der Waals surface area contributed by atoms with Gasteiger partial charge in [0.15, 0.2) is 23.0 Å². The lowest BCUT2D eigenvalue weighted by molar-refractivity contribution is -0.134. The van der Waals surface area contributed by atoms with Crippen molar-refractivity contribution in [3.05, 3.63) is 54.0 Å². The predicted octanol–water partition coefficient (Wildman–Crippen LogP) is 1.41. The molecule has 2 heterocycles. The maximum atomic E-state index is 13.0. The molecule has 1 N–H and O–H groups in total. The van der Waals surface area contributed by atoms with E-state index in [1.54, 1.807) is 28.8 Å². The maximum absolute atomic E-state index is 13.0. The van der Waals surface area contributed by atoms with Gasteiger partial charge in [0.2, 0.25) is 10.0 Å². The summed E-state index contributed by atoms with van der Waals surface area (Å²) in [6, 6.07) is 8.27. The van der Waals surface area contributed by atoms with Crippen molar-refractivity contribution < 1.29 is 27.4 Å². The Labute approximate surface area is 173 Å². The molecule has 0 bridgehead atoms.